The third kappa shape index (κ3) is 5.77. The van der Waals surface area contributed by atoms with Gasteiger partial charge in [0.25, 0.3) is 0 Å². The van der Waals surface area contributed by atoms with Gasteiger partial charge in [-0.3, -0.25) is 14.5 Å². The molecule has 132 valence electrons. The van der Waals surface area contributed by atoms with Crippen molar-refractivity contribution in [3.05, 3.63) is 0 Å². The molecule has 2 fully saturated rings. The maximum Gasteiger partial charge on any atom is 0.303 e. The van der Waals surface area contributed by atoms with Crippen LogP contribution >= 0.6 is 0 Å². The Bertz CT molecular complexity index is 405. The van der Waals surface area contributed by atoms with Crippen LogP contribution in [0.4, 0.5) is 0 Å². The minimum absolute atomic E-state index is 0.00313. The van der Waals surface area contributed by atoms with Crippen LogP contribution < -0.4 is 0 Å². The zero-order valence-corrected chi connectivity index (χ0v) is 14.4. The molecule has 1 amide bonds. The molecular formula is C17H30N2O4. The fourth-order valence-electron chi connectivity index (χ4n) is 3.46. The third-order valence-corrected chi connectivity index (χ3v) is 5.04. The van der Waals surface area contributed by atoms with Crippen LogP contribution in [0.1, 0.15) is 46.0 Å². The molecule has 0 aromatic carbocycles. The van der Waals surface area contributed by atoms with Crippen LogP contribution in [0.2, 0.25) is 0 Å². The van der Waals surface area contributed by atoms with E-state index in [1.54, 1.807) is 0 Å². The summed E-state index contributed by atoms with van der Waals surface area (Å²) in [6, 6.07) is 0.487. The maximum absolute atomic E-state index is 12.4. The van der Waals surface area contributed by atoms with Crippen LogP contribution in [-0.4, -0.2) is 71.7 Å². The number of hydrogen-bond donors (Lipinski definition) is 1. The average molecular weight is 326 g/mol. The van der Waals surface area contributed by atoms with Crippen molar-refractivity contribution in [1.82, 2.24) is 9.80 Å². The van der Waals surface area contributed by atoms with Gasteiger partial charge in [-0.05, 0) is 39.0 Å². The highest BCUT2D eigenvalue weighted by Gasteiger charge is 2.28. The molecule has 2 heterocycles. The molecule has 1 unspecified atom stereocenters. The summed E-state index contributed by atoms with van der Waals surface area (Å²) in [4.78, 5) is 27.4. The smallest absolute Gasteiger partial charge is 0.303 e. The highest BCUT2D eigenvalue weighted by molar-refractivity contribution is 5.76. The van der Waals surface area contributed by atoms with Crippen LogP contribution in [-0.2, 0) is 14.3 Å². The fraction of sp³-hybridized carbons (Fsp3) is 0.882. The average Bonchev–Trinajstić information content (AvgIpc) is 2.53. The number of carboxylic acids is 1. The quantitative estimate of drug-likeness (QED) is 0.803. The van der Waals surface area contributed by atoms with E-state index in [2.05, 4.69) is 18.7 Å². The standard InChI is InChI=1S/C17H30N2O4/c1-13(2)19-9-10-23-15(12-19)11-16(20)18-7-5-14(6-8-18)3-4-17(21)22/h13-15H,3-12H2,1-2H3,(H,21,22). The summed E-state index contributed by atoms with van der Waals surface area (Å²) in [7, 11) is 0. The molecule has 0 bridgehead atoms. The van der Waals surface area contributed by atoms with Crippen LogP contribution in [0.3, 0.4) is 0 Å². The molecule has 23 heavy (non-hydrogen) atoms. The first-order valence-corrected chi connectivity index (χ1v) is 8.81. The van der Waals surface area contributed by atoms with E-state index in [0.29, 0.717) is 25.0 Å². The lowest BCUT2D eigenvalue weighted by molar-refractivity contribution is -0.139. The van der Waals surface area contributed by atoms with E-state index in [1.165, 1.54) is 0 Å². The van der Waals surface area contributed by atoms with Gasteiger partial charge < -0.3 is 14.7 Å². The fourth-order valence-corrected chi connectivity index (χ4v) is 3.46. The molecule has 0 spiro atoms. The monoisotopic (exact) mass is 326 g/mol. The number of aliphatic carboxylic acids is 1. The molecule has 0 aromatic rings. The van der Waals surface area contributed by atoms with Crippen molar-refractivity contribution in [3.63, 3.8) is 0 Å². The first kappa shape index (κ1) is 18.2. The number of piperidine rings is 1. The van der Waals surface area contributed by atoms with E-state index < -0.39 is 5.97 Å². The summed E-state index contributed by atoms with van der Waals surface area (Å²) in [5, 5.41) is 8.74. The lowest BCUT2D eigenvalue weighted by Crippen LogP contribution is -2.48. The largest absolute Gasteiger partial charge is 0.481 e. The molecule has 2 saturated heterocycles. The van der Waals surface area contributed by atoms with E-state index >= 15 is 0 Å². The normalized spacial score (nSPS) is 24.1. The van der Waals surface area contributed by atoms with Gasteiger partial charge in [-0.2, -0.15) is 0 Å². The Morgan fingerprint density at radius 3 is 2.52 bits per heavy atom. The van der Waals surface area contributed by atoms with Crippen LogP contribution in [0.25, 0.3) is 0 Å². The predicted octanol–water partition coefficient (Wildman–Crippen LogP) is 1.59. The van der Waals surface area contributed by atoms with Crippen molar-refractivity contribution in [2.45, 2.75) is 58.1 Å². The van der Waals surface area contributed by atoms with Crippen molar-refractivity contribution in [2.75, 3.05) is 32.8 Å². The number of carbonyl (C=O) groups is 2. The molecule has 1 N–H and O–H groups in total. The highest BCUT2D eigenvalue weighted by Crippen LogP contribution is 2.23. The summed E-state index contributed by atoms with van der Waals surface area (Å²) in [6.45, 7) is 8.33. The lowest BCUT2D eigenvalue weighted by atomic mass is 9.92. The number of rotatable bonds is 6. The predicted molar refractivity (Wildman–Crippen MR) is 87.2 cm³/mol. The summed E-state index contributed by atoms with van der Waals surface area (Å²) in [5.74, 6) is -0.109. The molecule has 2 aliphatic heterocycles. The van der Waals surface area contributed by atoms with E-state index in [1.807, 2.05) is 4.90 Å². The summed E-state index contributed by atoms with van der Waals surface area (Å²) >= 11 is 0. The van der Waals surface area contributed by atoms with Gasteiger partial charge in [-0.1, -0.05) is 0 Å². The van der Waals surface area contributed by atoms with Gasteiger partial charge in [-0.15, -0.1) is 0 Å². The second-order valence-electron chi connectivity index (χ2n) is 7.04. The van der Waals surface area contributed by atoms with Crippen molar-refractivity contribution in [3.8, 4) is 0 Å². The van der Waals surface area contributed by atoms with E-state index in [9.17, 15) is 9.59 Å². The van der Waals surface area contributed by atoms with E-state index in [-0.39, 0.29) is 18.4 Å². The Labute approximate surface area is 138 Å². The van der Waals surface area contributed by atoms with E-state index in [0.717, 1.165) is 45.4 Å². The van der Waals surface area contributed by atoms with Crippen LogP contribution in [0.5, 0.6) is 0 Å². The van der Waals surface area contributed by atoms with Gasteiger partial charge in [0.15, 0.2) is 0 Å². The number of carboxylic acid groups (broad SMARTS) is 1. The first-order valence-electron chi connectivity index (χ1n) is 8.81. The number of nitrogens with zero attached hydrogens (tertiary/aromatic N) is 2. The maximum atomic E-state index is 12.4. The van der Waals surface area contributed by atoms with Gasteiger partial charge in [0, 0.05) is 38.6 Å². The second kappa shape index (κ2) is 8.64. The van der Waals surface area contributed by atoms with Gasteiger partial charge in [0.1, 0.15) is 0 Å². The van der Waals surface area contributed by atoms with Crippen molar-refractivity contribution < 1.29 is 19.4 Å². The van der Waals surface area contributed by atoms with E-state index in [4.69, 9.17) is 9.84 Å². The van der Waals surface area contributed by atoms with Crippen molar-refractivity contribution >= 4 is 11.9 Å². The second-order valence-corrected chi connectivity index (χ2v) is 7.04. The highest BCUT2D eigenvalue weighted by atomic mass is 16.5. The Morgan fingerprint density at radius 1 is 1.22 bits per heavy atom. The molecule has 2 aliphatic rings. The molecule has 6 nitrogen and oxygen atoms in total. The van der Waals surface area contributed by atoms with Gasteiger partial charge in [0.05, 0.1) is 19.1 Å². The Balaban J connectivity index is 1.71. The van der Waals surface area contributed by atoms with Gasteiger partial charge in [-0.25, -0.2) is 0 Å². The Kier molecular flexibility index (Phi) is 6.84. The topological polar surface area (TPSA) is 70.1 Å². The first-order chi connectivity index (χ1) is 11.0. The minimum Gasteiger partial charge on any atom is -0.481 e. The minimum atomic E-state index is -0.729. The van der Waals surface area contributed by atoms with Gasteiger partial charge >= 0.3 is 5.97 Å². The van der Waals surface area contributed by atoms with Crippen molar-refractivity contribution in [2.24, 2.45) is 5.92 Å². The van der Waals surface area contributed by atoms with Crippen LogP contribution in [0, 0.1) is 5.92 Å². The third-order valence-electron chi connectivity index (χ3n) is 5.04. The molecule has 0 aliphatic carbocycles. The number of amides is 1. The number of likely N-dealkylation sites (tertiary alicyclic amines) is 1. The van der Waals surface area contributed by atoms with Crippen molar-refractivity contribution in [1.29, 1.82) is 0 Å². The number of morpholine rings is 1. The number of carbonyl (C=O) groups excluding carboxylic acids is 1. The molecular weight excluding hydrogens is 296 g/mol. The molecule has 0 saturated carbocycles. The summed E-state index contributed by atoms with van der Waals surface area (Å²) in [5.41, 5.74) is 0. The lowest BCUT2D eigenvalue weighted by Gasteiger charge is -2.37. The number of hydrogen-bond acceptors (Lipinski definition) is 4. The molecule has 0 aromatic heterocycles. The Hall–Kier alpha value is -1.14. The SMILES string of the molecule is CC(C)N1CCOC(CC(=O)N2CCC(CCC(=O)O)CC2)C1. The molecule has 6 heteroatoms. The summed E-state index contributed by atoms with van der Waals surface area (Å²) < 4.78 is 5.75. The number of ether oxygens (including phenoxy) is 1. The Morgan fingerprint density at radius 2 is 1.91 bits per heavy atom. The van der Waals surface area contributed by atoms with Gasteiger partial charge in [0.2, 0.25) is 5.91 Å². The molecule has 1 atom stereocenters. The molecule has 2 rings (SSSR count). The zero-order valence-electron chi connectivity index (χ0n) is 14.4. The zero-order chi connectivity index (χ0) is 16.8. The molecule has 0 radical (unpaired) electrons. The summed E-state index contributed by atoms with van der Waals surface area (Å²) in [6.07, 6.45) is 3.27. The van der Waals surface area contributed by atoms with Crippen LogP contribution in [0.15, 0.2) is 0 Å².